The third-order valence-corrected chi connectivity index (χ3v) is 3.30. The molecular weight excluding hydrogens is 254 g/mol. The summed E-state index contributed by atoms with van der Waals surface area (Å²) in [7, 11) is 0. The molecule has 0 aliphatic rings. The molecule has 0 spiro atoms. The Hall–Kier alpha value is -2.56. The SMILES string of the molecule is CCn1c(NC(=O)c2ccoc2C)nc2ccccc21. The van der Waals surface area contributed by atoms with Crippen LogP contribution < -0.4 is 5.32 Å². The van der Waals surface area contributed by atoms with Gasteiger partial charge in [0, 0.05) is 6.54 Å². The lowest BCUT2D eigenvalue weighted by Gasteiger charge is -2.06. The van der Waals surface area contributed by atoms with Gasteiger partial charge in [-0.3, -0.25) is 10.1 Å². The van der Waals surface area contributed by atoms with Gasteiger partial charge in [-0.2, -0.15) is 0 Å². The van der Waals surface area contributed by atoms with Gasteiger partial charge in [0.05, 0.1) is 22.9 Å². The van der Waals surface area contributed by atoms with Gasteiger partial charge in [0.15, 0.2) is 0 Å². The zero-order chi connectivity index (χ0) is 14.1. The van der Waals surface area contributed by atoms with Crippen molar-refractivity contribution in [3.05, 3.63) is 47.9 Å². The molecule has 5 nitrogen and oxygen atoms in total. The summed E-state index contributed by atoms with van der Waals surface area (Å²) in [6, 6.07) is 9.47. The van der Waals surface area contributed by atoms with Crippen LogP contribution in [0.25, 0.3) is 11.0 Å². The number of nitrogens with zero attached hydrogens (tertiary/aromatic N) is 2. The Kier molecular flexibility index (Phi) is 3.02. The van der Waals surface area contributed by atoms with Crippen molar-refractivity contribution in [3.8, 4) is 0 Å². The maximum Gasteiger partial charge on any atom is 0.261 e. The van der Waals surface area contributed by atoms with E-state index in [9.17, 15) is 4.79 Å². The number of hydrogen-bond donors (Lipinski definition) is 1. The van der Waals surface area contributed by atoms with E-state index in [1.807, 2.05) is 35.8 Å². The van der Waals surface area contributed by atoms with Crippen molar-refractivity contribution in [1.29, 1.82) is 0 Å². The topological polar surface area (TPSA) is 60.1 Å². The monoisotopic (exact) mass is 269 g/mol. The van der Waals surface area contributed by atoms with E-state index in [0.29, 0.717) is 17.3 Å². The number of imidazole rings is 1. The summed E-state index contributed by atoms with van der Waals surface area (Å²) in [5, 5.41) is 2.85. The number of carbonyl (C=O) groups is 1. The fourth-order valence-corrected chi connectivity index (χ4v) is 2.28. The molecule has 0 radical (unpaired) electrons. The zero-order valence-electron chi connectivity index (χ0n) is 11.4. The van der Waals surface area contributed by atoms with Crippen LogP contribution in [0.5, 0.6) is 0 Å². The van der Waals surface area contributed by atoms with Crippen LogP contribution in [0.4, 0.5) is 5.95 Å². The van der Waals surface area contributed by atoms with Crippen molar-refractivity contribution in [2.24, 2.45) is 0 Å². The highest BCUT2D eigenvalue weighted by Crippen LogP contribution is 2.20. The third-order valence-electron chi connectivity index (χ3n) is 3.30. The van der Waals surface area contributed by atoms with Gasteiger partial charge in [0.25, 0.3) is 5.91 Å². The number of nitrogens with one attached hydrogen (secondary N) is 1. The first kappa shape index (κ1) is 12.5. The fraction of sp³-hybridized carbons (Fsp3) is 0.200. The molecule has 3 aromatic rings. The summed E-state index contributed by atoms with van der Waals surface area (Å²) < 4.78 is 7.13. The minimum absolute atomic E-state index is 0.207. The number of anilines is 1. The molecule has 2 heterocycles. The normalized spacial score (nSPS) is 10.9. The number of carbonyl (C=O) groups excluding carboxylic acids is 1. The Morgan fingerprint density at radius 3 is 2.85 bits per heavy atom. The first-order chi connectivity index (χ1) is 9.70. The second-order valence-electron chi connectivity index (χ2n) is 4.51. The molecular formula is C15H15N3O2. The van der Waals surface area contributed by atoms with Gasteiger partial charge in [-0.05, 0) is 32.0 Å². The number of para-hydroxylation sites is 2. The Morgan fingerprint density at radius 1 is 1.35 bits per heavy atom. The van der Waals surface area contributed by atoms with E-state index in [0.717, 1.165) is 17.6 Å². The molecule has 0 aliphatic carbocycles. The molecule has 1 amide bonds. The van der Waals surface area contributed by atoms with E-state index >= 15 is 0 Å². The van der Waals surface area contributed by atoms with Gasteiger partial charge in [-0.1, -0.05) is 12.1 Å². The molecule has 1 N–H and O–H groups in total. The Bertz CT molecular complexity index is 770. The molecule has 2 aromatic heterocycles. The van der Waals surface area contributed by atoms with Crippen LogP contribution in [0.2, 0.25) is 0 Å². The standard InChI is InChI=1S/C15H15N3O2/c1-3-18-13-7-5-4-6-12(13)16-15(18)17-14(19)11-8-9-20-10(11)2/h4-9H,3H2,1-2H3,(H,16,17,19). The number of rotatable bonds is 3. The number of amides is 1. The second-order valence-corrected chi connectivity index (χ2v) is 4.51. The van der Waals surface area contributed by atoms with Crippen molar-refractivity contribution >= 4 is 22.9 Å². The van der Waals surface area contributed by atoms with E-state index in [2.05, 4.69) is 10.3 Å². The van der Waals surface area contributed by atoms with Gasteiger partial charge in [-0.25, -0.2) is 4.98 Å². The van der Waals surface area contributed by atoms with E-state index in [4.69, 9.17) is 4.42 Å². The molecule has 102 valence electrons. The van der Waals surface area contributed by atoms with Gasteiger partial charge in [-0.15, -0.1) is 0 Å². The smallest absolute Gasteiger partial charge is 0.261 e. The van der Waals surface area contributed by atoms with E-state index < -0.39 is 0 Å². The van der Waals surface area contributed by atoms with Crippen LogP contribution in [-0.2, 0) is 6.54 Å². The summed E-state index contributed by atoms with van der Waals surface area (Å²) in [6.45, 7) is 4.52. The summed E-state index contributed by atoms with van der Waals surface area (Å²) in [4.78, 5) is 16.7. The molecule has 0 saturated carbocycles. The van der Waals surface area contributed by atoms with E-state index in [1.165, 1.54) is 6.26 Å². The zero-order valence-corrected chi connectivity index (χ0v) is 11.4. The van der Waals surface area contributed by atoms with Crippen molar-refractivity contribution < 1.29 is 9.21 Å². The predicted octanol–water partition coefficient (Wildman–Crippen LogP) is 3.21. The van der Waals surface area contributed by atoms with Crippen molar-refractivity contribution in [3.63, 3.8) is 0 Å². The molecule has 20 heavy (non-hydrogen) atoms. The summed E-state index contributed by atoms with van der Waals surface area (Å²) in [5.41, 5.74) is 2.41. The first-order valence-electron chi connectivity index (χ1n) is 6.51. The number of benzene rings is 1. The van der Waals surface area contributed by atoms with Crippen LogP contribution >= 0.6 is 0 Å². The predicted molar refractivity (Wildman–Crippen MR) is 76.8 cm³/mol. The van der Waals surface area contributed by atoms with Crippen molar-refractivity contribution in [2.45, 2.75) is 20.4 Å². The van der Waals surface area contributed by atoms with Gasteiger partial charge in [0.1, 0.15) is 5.76 Å². The van der Waals surface area contributed by atoms with Gasteiger partial charge < -0.3 is 8.98 Å². The van der Waals surface area contributed by atoms with Crippen molar-refractivity contribution in [1.82, 2.24) is 9.55 Å². The lowest BCUT2D eigenvalue weighted by atomic mass is 10.2. The third kappa shape index (κ3) is 1.97. The molecule has 1 aromatic carbocycles. The second kappa shape index (κ2) is 4.85. The van der Waals surface area contributed by atoms with Crippen LogP contribution in [0.3, 0.4) is 0 Å². The molecule has 3 rings (SSSR count). The first-order valence-corrected chi connectivity index (χ1v) is 6.51. The number of aromatic nitrogens is 2. The molecule has 5 heteroatoms. The number of hydrogen-bond acceptors (Lipinski definition) is 3. The lowest BCUT2D eigenvalue weighted by molar-refractivity contribution is 0.102. The molecule has 0 bridgehead atoms. The van der Waals surface area contributed by atoms with E-state index in [-0.39, 0.29) is 5.91 Å². The van der Waals surface area contributed by atoms with Crippen LogP contribution in [-0.4, -0.2) is 15.5 Å². The maximum atomic E-state index is 12.2. The Balaban J connectivity index is 1.99. The minimum atomic E-state index is -0.207. The average Bonchev–Trinajstić information content (AvgIpc) is 3.01. The summed E-state index contributed by atoms with van der Waals surface area (Å²) >= 11 is 0. The quantitative estimate of drug-likeness (QED) is 0.794. The van der Waals surface area contributed by atoms with Crippen LogP contribution in [0, 0.1) is 6.92 Å². The highest BCUT2D eigenvalue weighted by Gasteiger charge is 2.15. The molecule has 0 aliphatic heterocycles. The molecule has 0 saturated heterocycles. The van der Waals surface area contributed by atoms with Gasteiger partial charge in [0.2, 0.25) is 5.95 Å². The van der Waals surface area contributed by atoms with Crippen LogP contribution in [0.15, 0.2) is 41.0 Å². The number of aryl methyl sites for hydroxylation is 2. The van der Waals surface area contributed by atoms with Crippen LogP contribution in [0.1, 0.15) is 23.0 Å². The lowest BCUT2D eigenvalue weighted by Crippen LogP contribution is -2.16. The van der Waals surface area contributed by atoms with Crippen molar-refractivity contribution in [2.75, 3.05) is 5.32 Å². The molecule has 0 fully saturated rings. The largest absolute Gasteiger partial charge is 0.469 e. The summed E-state index contributed by atoms with van der Waals surface area (Å²) in [6.07, 6.45) is 1.51. The fourth-order valence-electron chi connectivity index (χ4n) is 2.28. The highest BCUT2D eigenvalue weighted by atomic mass is 16.3. The average molecular weight is 269 g/mol. The summed E-state index contributed by atoms with van der Waals surface area (Å²) in [5.74, 6) is 0.946. The highest BCUT2D eigenvalue weighted by molar-refractivity contribution is 6.04. The Morgan fingerprint density at radius 2 is 2.15 bits per heavy atom. The molecule has 0 unspecified atom stereocenters. The van der Waals surface area contributed by atoms with E-state index in [1.54, 1.807) is 13.0 Å². The Labute approximate surface area is 116 Å². The minimum Gasteiger partial charge on any atom is -0.469 e. The molecule has 0 atom stereocenters. The number of furan rings is 1. The maximum absolute atomic E-state index is 12.2. The number of fused-ring (bicyclic) bond motifs is 1. The van der Waals surface area contributed by atoms with Gasteiger partial charge >= 0.3 is 0 Å².